The topological polar surface area (TPSA) is 46.9 Å². The Morgan fingerprint density at radius 2 is 2.33 bits per heavy atom. The zero-order valence-corrected chi connectivity index (χ0v) is 10.2. The highest BCUT2D eigenvalue weighted by Gasteiger charge is 2.00. The molecule has 1 aromatic heterocycles. The Morgan fingerprint density at radius 1 is 1.44 bits per heavy atom. The monoisotopic (exact) mass is 241 g/mol. The van der Waals surface area contributed by atoms with E-state index in [1.165, 1.54) is 6.08 Å². The molecule has 0 bridgehead atoms. The van der Waals surface area contributed by atoms with Gasteiger partial charge in [-0.05, 0) is 36.8 Å². The molecule has 1 N–H and O–H groups in total. The summed E-state index contributed by atoms with van der Waals surface area (Å²) in [5.41, 5.74) is 1.89. The Bertz CT molecular complexity index is 544. The summed E-state index contributed by atoms with van der Waals surface area (Å²) in [6, 6.07) is 9.63. The van der Waals surface area contributed by atoms with Crippen molar-refractivity contribution in [3.8, 4) is 0 Å². The quantitative estimate of drug-likeness (QED) is 0.836. The van der Waals surface area contributed by atoms with Crippen molar-refractivity contribution in [3.63, 3.8) is 0 Å². The molecule has 0 saturated heterocycles. The number of carbonyl (C=O) groups excluding carboxylic acids is 1. The molecule has 0 aliphatic carbocycles. The minimum atomic E-state index is -0.117. The number of carbonyl (C=O) groups is 1. The van der Waals surface area contributed by atoms with Gasteiger partial charge in [-0.2, -0.15) is 5.10 Å². The highest BCUT2D eigenvalue weighted by atomic mass is 16.1. The molecule has 2 rings (SSSR count). The maximum absolute atomic E-state index is 11.4. The van der Waals surface area contributed by atoms with Crippen LogP contribution >= 0.6 is 0 Å². The number of amides is 1. The first-order valence-corrected chi connectivity index (χ1v) is 5.78. The minimum Gasteiger partial charge on any atom is -0.323 e. The van der Waals surface area contributed by atoms with Gasteiger partial charge >= 0.3 is 0 Å². The van der Waals surface area contributed by atoms with Gasteiger partial charge < -0.3 is 5.32 Å². The van der Waals surface area contributed by atoms with Crippen LogP contribution in [0.2, 0.25) is 0 Å². The van der Waals surface area contributed by atoms with Gasteiger partial charge in [-0.15, -0.1) is 0 Å². The largest absolute Gasteiger partial charge is 0.323 e. The summed E-state index contributed by atoms with van der Waals surface area (Å²) >= 11 is 0. The van der Waals surface area contributed by atoms with Gasteiger partial charge in [0.1, 0.15) is 0 Å². The molecular weight excluding hydrogens is 226 g/mol. The molecule has 92 valence electrons. The van der Waals surface area contributed by atoms with Gasteiger partial charge in [0, 0.05) is 18.1 Å². The summed E-state index contributed by atoms with van der Waals surface area (Å²) in [7, 11) is 0. The molecule has 1 heterocycles. The molecule has 18 heavy (non-hydrogen) atoms. The lowest BCUT2D eigenvalue weighted by atomic mass is 10.2. The number of hydrogen-bond donors (Lipinski definition) is 1. The minimum absolute atomic E-state index is 0.117. The number of benzene rings is 1. The second-order valence-electron chi connectivity index (χ2n) is 3.89. The highest BCUT2D eigenvalue weighted by molar-refractivity contribution is 5.99. The lowest BCUT2D eigenvalue weighted by Crippen LogP contribution is -2.08. The fraction of sp³-hybridized carbons (Fsp3) is 0.143. The standard InChI is InChI=1S/C14H15N3O/c1-2-5-14(18)16-13-7-3-6-12(10-13)11-17-9-4-8-15-17/h2-10H,11H2,1H3,(H,16,18). The molecule has 0 fully saturated rings. The van der Waals surface area contributed by atoms with Crippen LogP contribution in [-0.2, 0) is 11.3 Å². The summed E-state index contributed by atoms with van der Waals surface area (Å²) < 4.78 is 1.84. The van der Waals surface area contributed by atoms with E-state index >= 15 is 0 Å². The van der Waals surface area contributed by atoms with Crippen molar-refractivity contribution in [2.75, 3.05) is 5.32 Å². The summed E-state index contributed by atoms with van der Waals surface area (Å²) in [6.45, 7) is 2.51. The molecule has 4 heteroatoms. The predicted molar refractivity (Wildman–Crippen MR) is 71.2 cm³/mol. The van der Waals surface area contributed by atoms with Gasteiger partial charge in [0.25, 0.3) is 0 Å². The number of nitrogens with one attached hydrogen (secondary N) is 1. The Balaban J connectivity index is 2.07. The van der Waals surface area contributed by atoms with Gasteiger partial charge in [-0.25, -0.2) is 0 Å². The first kappa shape index (κ1) is 12.1. The van der Waals surface area contributed by atoms with Crippen LogP contribution in [-0.4, -0.2) is 15.7 Å². The van der Waals surface area contributed by atoms with Crippen molar-refractivity contribution < 1.29 is 4.79 Å². The van der Waals surface area contributed by atoms with E-state index in [9.17, 15) is 4.79 Å². The second-order valence-corrected chi connectivity index (χ2v) is 3.89. The molecule has 0 spiro atoms. The predicted octanol–water partition coefficient (Wildman–Crippen LogP) is 2.45. The van der Waals surface area contributed by atoms with Crippen molar-refractivity contribution in [3.05, 3.63) is 60.4 Å². The molecule has 0 unspecified atom stereocenters. The van der Waals surface area contributed by atoms with Crippen LogP contribution in [0.3, 0.4) is 0 Å². The Kier molecular flexibility index (Phi) is 3.91. The average Bonchev–Trinajstić information content (AvgIpc) is 2.82. The van der Waals surface area contributed by atoms with Gasteiger partial charge in [0.15, 0.2) is 0 Å². The summed E-state index contributed by atoms with van der Waals surface area (Å²) in [5.74, 6) is -0.117. The third kappa shape index (κ3) is 3.31. The molecule has 1 amide bonds. The van der Waals surface area contributed by atoms with Crippen molar-refractivity contribution in [2.45, 2.75) is 13.5 Å². The van der Waals surface area contributed by atoms with E-state index in [1.54, 1.807) is 12.3 Å². The first-order valence-electron chi connectivity index (χ1n) is 5.78. The fourth-order valence-electron chi connectivity index (χ4n) is 1.66. The van der Waals surface area contributed by atoms with Crippen LogP contribution in [0.15, 0.2) is 54.9 Å². The Labute approximate surface area is 106 Å². The lowest BCUT2D eigenvalue weighted by molar-refractivity contribution is -0.111. The number of anilines is 1. The van der Waals surface area contributed by atoms with Crippen LogP contribution in [0, 0.1) is 0 Å². The normalized spacial score (nSPS) is 10.7. The smallest absolute Gasteiger partial charge is 0.248 e. The fourth-order valence-corrected chi connectivity index (χ4v) is 1.66. The first-order chi connectivity index (χ1) is 8.78. The Morgan fingerprint density at radius 3 is 3.06 bits per heavy atom. The number of nitrogens with zero attached hydrogens (tertiary/aromatic N) is 2. The molecule has 2 aromatic rings. The summed E-state index contributed by atoms with van der Waals surface area (Å²) in [5, 5.41) is 6.96. The van der Waals surface area contributed by atoms with E-state index in [-0.39, 0.29) is 5.91 Å². The van der Waals surface area contributed by atoms with Gasteiger partial charge in [-0.3, -0.25) is 9.48 Å². The second kappa shape index (κ2) is 5.82. The number of aromatic nitrogens is 2. The zero-order chi connectivity index (χ0) is 12.8. The summed E-state index contributed by atoms with van der Waals surface area (Å²) in [6.07, 6.45) is 6.87. The molecule has 0 radical (unpaired) electrons. The number of hydrogen-bond acceptors (Lipinski definition) is 2. The van der Waals surface area contributed by atoms with E-state index in [0.717, 1.165) is 11.3 Å². The molecule has 0 saturated carbocycles. The van der Waals surface area contributed by atoms with Crippen LogP contribution in [0.4, 0.5) is 5.69 Å². The lowest BCUT2D eigenvalue weighted by Gasteiger charge is -2.06. The molecular formula is C14H15N3O. The molecule has 0 aliphatic rings. The number of rotatable bonds is 4. The van der Waals surface area contributed by atoms with Crippen LogP contribution in [0.25, 0.3) is 0 Å². The average molecular weight is 241 g/mol. The third-order valence-electron chi connectivity index (χ3n) is 2.42. The summed E-state index contributed by atoms with van der Waals surface area (Å²) in [4.78, 5) is 11.4. The zero-order valence-electron chi connectivity index (χ0n) is 10.2. The SMILES string of the molecule is CC=CC(=O)Nc1cccc(Cn2cccn2)c1. The van der Waals surface area contributed by atoms with E-state index in [1.807, 2.05) is 48.1 Å². The number of allylic oxidation sites excluding steroid dienone is 1. The van der Waals surface area contributed by atoms with Crippen LogP contribution < -0.4 is 5.32 Å². The molecule has 0 atom stereocenters. The maximum Gasteiger partial charge on any atom is 0.248 e. The van der Waals surface area contributed by atoms with Crippen molar-refractivity contribution >= 4 is 11.6 Å². The van der Waals surface area contributed by atoms with E-state index < -0.39 is 0 Å². The van der Waals surface area contributed by atoms with E-state index in [4.69, 9.17) is 0 Å². The van der Waals surface area contributed by atoms with Gasteiger partial charge in [0.2, 0.25) is 5.91 Å². The van der Waals surface area contributed by atoms with E-state index in [0.29, 0.717) is 6.54 Å². The van der Waals surface area contributed by atoms with Crippen LogP contribution in [0.1, 0.15) is 12.5 Å². The van der Waals surface area contributed by atoms with Crippen molar-refractivity contribution in [2.24, 2.45) is 0 Å². The molecule has 1 aromatic carbocycles. The maximum atomic E-state index is 11.4. The molecule has 4 nitrogen and oxygen atoms in total. The van der Waals surface area contributed by atoms with Gasteiger partial charge in [0.05, 0.1) is 6.54 Å². The van der Waals surface area contributed by atoms with Gasteiger partial charge in [-0.1, -0.05) is 18.2 Å². The van der Waals surface area contributed by atoms with Crippen LogP contribution in [0.5, 0.6) is 0 Å². The van der Waals surface area contributed by atoms with Crippen molar-refractivity contribution in [1.82, 2.24) is 9.78 Å². The molecule has 0 aliphatic heterocycles. The Hall–Kier alpha value is -2.36. The van der Waals surface area contributed by atoms with E-state index in [2.05, 4.69) is 10.4 Å². The highest BCUT2D eigenvalue weighted by Crippen LogP contribution is 2.11. The third-order valence-corrected chi connectivity index (χ3v) is 2.42. The van der Waals surface area contributed by atoms with Crippen molar-refractivity contribution in [1.29, 1.82) is 0 Å².